The van der Waals surface area contributed by atoms with Crippen LogP contribution in [0.2, 0.25) is 0 Å². The molecule has 0 aliphatic carbocycles. The number of ether oxygens (including phenoxy) is 6. The summed E-state index contributed by atoms with van der Waals surface area (Å²) in [5.74, 6) is 1.45. The molecule has 35 heavy (non-hydrogen) atoms. The maximum Gasteiger partial charge on any atom is 0.229 e. The second kappa shape index (κ2) is 10.3. The molecule has 0 bridgehead atoms. The van der Waals surface area contributed by atoms with E-state index in [2.05, 4.69) is 0 Å². The van der Waals surface area contributed by atoms with Crippen LogP contribution in [0, 0.1) is 0 Å². The lowest BCUT2D eigenvalue weighted by Crippen LogP contribution is -2.60. The summed E-state index contributed by atoms with van der Waals surface area (Å²) in [4.78, 5) is 12.9. The van der Waals surface area contributed by atoms with Crippen molar-refractivity contribution in [3.8, 4) is 28.7 Å². The highest BCUT2D eigenvalue weighted by Crippen LogP contribution is 2.43. The quantitative estimate of drug-likeness (QED) is 0.430. The lowest BCUT2D eigenvalue weighted by Gasteiger charge is -2.39. The van der Waals surface area contributed by atoms with Crippen molar-refractivity contribution in [1.29, 1.82) is 0 Å². The number of hydrogen-bond donors (Lipinski definition) is 4. The Kier molecular flexibility index (Phi) is 7.33. The zero-order valence-electron chi connectivity index (χ0n) is 19.4. The molecule has 190 valence electrons. The monoisotopic (exact) mass is 492 g/mol. The third-order valence-corrected chi connectivity index (χ3v) is 6.07. The van der Waals surface area contributed by atoms with Crippen LogP contribution in [-0.4, -0.2) is 84.9 Å². The minimum atomic E-state index is -1.58. The van der Waals surface area contributed by atoms with Crippen LogP contribution < -0.4 is 23.7 Å². The Balaban J connectivity index is 1.58. The van der Waals surface area contributed by atoms with Crippen LogP contribution in [-0.2, 0) is 4.74 Å². The summed E-state index contributed by atoms with van der Waals surface area (Å²) in [6.07, 6.45) is -7.69. The van der Waals surface area contributed by atoms with Crippen molar-refractivity contribution in [1.82, 2.24) is 0 Å². The van der Waals surface area contributed by atoms with E-state index in [0.29, 0.717) is 28.4 Å². The number of fused-ring (bicyclic) bond motifs is 1. The van der Waals surface area contributed by atoms with E-state index in [-0.39, 0.29) is 23.7 Å². The van der Waals surface area contributed by atoms with Gasteiger partial charge in [-0.2, -0.15) is 0 Å². The Morgan fingerprint density at radius 1 is 0.914 bits per heavy atom. The molecular formula is C24H28O11. The minimum absolute atomic E-state index is 0.0613. The molecule has 11 nitrogen and oxygen atoms in total. The number of hydrogen-bond acceptors (Lipinski definition) is 11. The van der Waals surface area contributed by atoms with Crippen LogP contribution in [0.1, 0.15) is 28.4 Å². The fraction of sp³-hybridized carbons (Fsp3) is 0.458. The highest BCUT2D eigenvalue weighted by molar-refractivity contribution is 6.02. The third kappa shape index (κ3) is 4.73. The van der Waals surface area contributed by atoms with E-state index in [9.17, 15) is 25.2 Å². The van der Waals surface area contributed by atoms with Crippen LogP contribution >= 0.6 is 0 Å². The van der Waals surface area contributed by atoms with Gasteiger partial charge in [0.25, 0.3) is 0 Å². The van der Waals surface area contributed by atoms with Crippen LogP contribution in [0.4, 0.5) is 0 Å². The summed E-state index contributed by atoms with van der Waals surface area (Å²) in [7, 11) is 4.38. The lowest BCUT2D eigenvalue weighted by atomic mass is 9.95. The molecule has 1 saturated heterocycles. The summed E-state index contributed by atoms with van der Waals surface area (Å²) < 4.78 is 33.2. The summed E-state index contributed by atoms with van der Waals surface area (Å²) in [6.45, 7) is -0.578. The number of aliphatic hydroxyl groups is 4. The molecule has 4 rings (SSSR count). The van der Waals surface area contributed by atoms with Gasteiger partial charge in [-0.3, -0.25) is 4.79 Å². The van der Waals surface area contributed by atoms with Gasteiger partial charge in [-0.1, -0.05) is 6.07 Å². The highest BCUT2D eigenvalue weighted by atomic mass is 16.7. The molecule has 0 amide bonds. The van der Waals surface area contributed by atoms with E-state index in [0.717, 1.165) is 0 Å². The van der Waals surface area contributed by atoms with Crippen molar-refractivity contribution in [2.24, 2.45) is 0 Å². The van der Waals surface area contributed by atoms with Gasteiger partial charge in [0, 0.05) is 12.1 Å². The Hall–Kier alpha value is -3.09. The van der Waals surface area contributed by atoms with E-state index >= 15 is 0 Å². The van der Waals surface area contributed by atoms with Crippen LogP contribution in [0.15, 0.2) is 30.3 Å². The van der Waals surface area contributed by atoms with Gasteiger partial charge < -0.3 is 48.8 Å². The molecular weight excluding hydrogens is 464 g/mol. The molecule has 4 N–H and O–H groups in total. The highest BCUT2D eigenvalue weighted by Gasteiger charge is 2.45. The van der Waals surface area contributed by atoms with Crippen molar-refractivity contribution >= 4 is 5.78 Å². The first-order chi connectivity index (χ1) is 16.8. The summed E-state index contributed by atoms with van der Waals surface area (Å²) >= 11 is 0. The van der Waals surface area contributed by atoms with Crippen molar-refractivity contribution in [2.75, 3.05) is 27.9 Å². The average molecular weight is 492 g/mol. The summed E-state index contributed by atoms with van der Waals surface area (Å²) in [5, 5.41) is 39.6. The molecule has 0 unspecified atom stereocenters. The number of methoxy groups -OCH3 is 3. The van der Waals surface area contributed by atoms with Crippen LogP contribution in [0.25, 0.3) is 0 Å². The minimum Gasteiger partial charge on any atom is -0.496 e. The number of carbonyl (C=O) groups is 1. The molecule has 1 fully saturated rings. The van der Waals surface area contributed by atoms with E-state index in [1.54, 1.807) is 30.3 Å². The first-order valence-electron chi connectivity index (χ1n) is 10.9. The molecule has 6 atom stereocenters. The number of Topliss-reactive ketones (excluding diaryl/α,β-unsaturated/α-hetero) is 1. The summed E-state index contributed by atoms with van der Waals surface area (Å²) in [5.41, 5.74) is 0.975. The number of ketones is 1. The largest absolute Gasteiger partial charge is 0.496 e. The lowest BCUT2D eigenvalue weighted by molar-refractivity contribution is -0.277. The van der Waals surface area contributed by atoms with Gasteiger partial charge in [-0.25, -0.2) is 0 Å². The van der Waals surface area contributed by atoms with Gasteiger partial charge in [-0.05, 0) is 17.7 Å². The summed E-state index contributed by atoms with van der Waals surface area (Å²) in [6, 6.07) is 8.08. The van der Waals surface area contributed by atoms with Gasteiger partial charge in [0.15, 0.2) is 17.3 Å². The zero-order valence-corrected chi connectivity index (χ0v) is 19.4. The standard InChI is InChI=1S/C24H28O11/c1-30-12-7-17(32-3)20-13(26)9-15(33-18(20)8-12)11-4-5-14(16(6-11)31-2)34-24-23(29)22(28)21(27)19(10-25)35-24/h4-8,15,19,21-25,27-29H,9-10H2,1-3H3/t15-,19+,21+,22-,23+,24+/m0/s1. The Morgan fingerprint density at radius 3 is 2.31 bits per heavy atom. The average Bonchev–Trinajstić information content (AvgIpc) is 2.88. The van der Waals surface area contributed by atoms with Crippen molar-refractivity contribution in [3.05, 3.63) is 41.5 Å². The SMILES string of the molecule is COc1cc(OC)c2c(c1)O[C@H](c1ccc(O[C@@H]3O[C@H](CO)[C@@H](O)[C@H](O)[C@H]3O)c(OC)c1)CC2=O. The van der Waals surface area contributed by atoms with Crippen molar-refractivity contribution in [2.45, 2.75) is 43.2 Å². The fourth-order valence-corrected chi connectivity index (χ4v) is 4.14. The Morgan fingerprint density at radius 2 is 1.66 bits per heavy atom. The predicted molar refractivity (Wildman–Crippen MR) is 119 cm³/mol. The number of rotatable bonds is 7. The normalized spacial score (nSPS) is 28.0. The molecule has 0 saturated carbocycles. The van der Waals surface area contributed by atoms with E-state index in [1.807, 2.05) is 0 Å². The number of carbonyl (C=O) groups excluding carboxylic acids is 1. The van der Waals surface area contributed by atoms with Gasteiger partial charge in [0.2, 0.25) is 6.29 Å². The number of aliphatic hydroxyl groups excluding tert-OH is 4. The van der Waals surface area contributed by atoms with E-state index in [1.165, 1.54) is 21.3 Å². The second-order valence-electron chi connectivity index (χ2n) is 8.16. The van der Waals surface area contributed by atoms with Crippen LogP contribution in [0.5, 0.6) is 28.7 Å². The third-order valence-electron chi connectivity index (χ3n) is 6.07. The van der Waals surface area contributed by atoms with Gasteiger partial charge in [0.05, 0.1) is 34.4 Å². The van der Waals surface area contributed by atoms with E-state index in [4.69, 9.17) is 28.4 Å². The molecule has 2 aromatic carbocycles. The topological polar surface area (TPSA) is 153 Å². The Bertz CT molecular complexity index is 1070. The molecule has 0 radical (unpaired) electrons. The maximum atomic E-state index is 12.9. The molecule has 0 aromatic heterocycles. The van der Waals surface area contributed by atoms with E-state index < -0.39 is 43.4 Å². The molecule has 2 aromatic rings. The van der Waals surface area contributed by atoms with Crippen molar-refractivity contribution < 1.29 is 53.6 Å². The van der Waals surface area contributed by atoms with Gasteiger partial charge in [-0.15, -0.1) is 0 Å². The maximum absolute atomic E-state index is 12.9. The second-order valence-corrected chi connectivity index (χ2v) is 8.16. The van der Waals surface area contributed by atoms with Gasteiger partial charge >= 0.3 is 0 Å². The van der Waals surface area contributed by atoms with Crippen LogP contribution in [0.3, 0.4) is 0 Å². The molecule has 2 aliphatic heterocycles. The predicted octanol–water partition coefficient (Wildman–Crippen LogP) is 0.598. The van der Waals surface area contributed by atoms with Crippen molar-refractivity contribution in [3.63, 3.8) is 0 Å². The first kappa shape index (κ1) is 25.0. The zero-order chi connectivity index (χ0) is 25.3. The molecule has 0 spiro atoms. The smallest absolute Gasteiger partial charge is 0.229 e. The fourth-order valence-electron chi connectivity index (χ4n) is 4.14. The first-order valence-corrected chi connectivity index (χ1v) is 10.9. The molecule has 2 aliphatic rings. The Labute approximate surface area is 201 Å². The van der Waals surface area contributed by atoms with Gasteiger partial charge in [0.1, 0.15) is 53.3 Å². The molecule has 2 heterocycles. The number of benzene rings is 2. The molecule has 11 heteroatoms.